The van der Waals surface area contributed by atoms with E-state index in [0.717, 1.165) is 12.2 Å². The minimum atomic E-state index is 0. The van der Waals surface area contributed by atoms with Gasteiger partial charge < -0.3 is 15.4 Å². The lowest BCUT2D eigenvalue weighted by Gasteiger charge is -2.18. The number of rotatable bonds is 7. The van der Waals surface area contributed by atoms with Gasteiger partial charge >= 0.3 is 0 Å². The van der Waals surface area contributed by atoms with Gasteiger partial charge in [-0.3, -0.25) is 4.79 Å². The number of amides is 1. The topological polar surface area (TPSA) is 50.4 Å². The molecule has 1 saturated carbocycles. The number of hydrogen-bond donors (Lipinski definition) is 2. The monoisotopic (exact) mass is 298 g/mol. The molecule has 0 aliphatic heterocycles. The van der Waals surface area contributed by atoms with E-state index in [-0.39, 0.29) is 24.4 Å². The van der Waals surface area contributed by atoms with Gasteiger partial charge in [0.05, 0.1) is 13.7 Å². The summed E-state index contributed by atoms with van der Waals surface area (Å²) in [5.41, 5.74) is 1.21. The Morgan fingerprint density at radius 3 is 2.80 bits per heavy atom. The van der Waals surface area contributed by atoms with Gasteiger partial charge in [-0.15, -0.1) is 12.4 Å². The Morgan fingerprint density at radius 2 is 2.20 bits per heavy atom. The molecule has 0 radical (unpaired) electrons. The number of benzene rings is 1. The van der Waals surface area contributed by atoms with Crippen molar-refractivity contribution >= 4 is 18.3 Å². The smallest absolute Gasteiger partial charge is 0.234 e. The molecule has 1 aliphatic rings. The highest BCUT2D eigenvalue weighted by Crippen LogP contribution is 2.34. The van der Waals surface area contributed by atoms with Crippen molar-refractivity contribution in [1.29, 1.82) is 0 Å². The molecule has 1 aromatic rings. The molecule has 112 valence electrons. The van der Waals surface area contributed by atoms with E-state index >= 15 is 0 Å². The van der Waals surface area contributed by atoms with Crippen molar-refractivity contribution in [3.05, 3.63) is 29.8 Å². The van der Waals surface area contributed by atoms with Gasteiger partial charge in [-0.25, -0.2) is 0 Å². The lowest BCUT2D eigenvalue weighted by atomic mass is 10.0. The summed E-state index contributed by atoms with van der Waals surface area (Å²) in [7, 11) is 3.46. The number of carbonyl (C=O) groups is 1. The zero-order valence-electron chi connectivity index (χ0n) is 12.0. The Hall–Kier alpha value is -1.26. The maximum Gasteiger partial charge on any atom is 0.234 e. The first-order valence-corrected chi connectivity index (χ1v) is 6.80. The second kappa shape index (κ2) is 8.12. The summed E-state index contributed by atoms with van der Waals surface area (Å²) < 4.78 is 5.23. The number of likely N-dealkylation sites (N-methyl/N-ethyl adjacent to an activating group) is 1. The molecule has 0 heterocycles. The molecule has 5 heteroatoms. The van der Waals surface area contributed by atoms with E-state index in [1.54, 1.807) is 14.2 Å². The van der Waals surface area contributed by atoms with Gasteiger partial charge in [-0.1, -0.05) is 12.1 Å². The summed E-state index contributed by atoms with van der Waals surface area (Å²) in [6.45, 7) is 0.376. The van der Waals surface area contributed by atoms with Crippen molar-refractivity contribution in [2.45, 2.75) is 25.3 Å². The Bertz CT molecular complexity index is 436. The predicted octanol–water partition coefficient (Wildman–Crippen LogP) is 1.77. The molecule has 1 atom stereocenters. The van der Waals surface area contributed by atoms with Crippen LogP contribution >= 0.6 is 12.4 Å². The van der Waals surface area contributed by atoms with E-state index in [1.807, 2.05) is 18.2 Å². The molecular formula is C15H23ClN2O2. The summed E-state index contributed by atoms with van der Waals surface area (Å²) in [4.78, 5) is 11.7. The largest absolute Gasteiger partial charge is 0.497 e. The fourth-order valence-corrected chi connectivity index (χ4v) is 2.31. The lowest BCUT2D eigenvalue weighted by Crippen LogP contribution is -2.42. The van der Waals surface area contributed by atoms with E-state index in [9.17, 15) is 4.79 Å². The molecule has 1 unspecified atom stereocenters. The first-order valence-electron chi connectivity index (χ1n) is 6.80. The number of halogens is 1. The molecule has 2 rings (SSSR count). The molecule has 0 aromatic heterocycles. The number of methoxy groups -OCH3 is 1. The van der Waals surface area contributed by atoms with Crippen LogP contribution in [0.2, 0.25) is 0 Å². The van der Waals surface area contributed by atoms with Crippen LogP contribution in [0.1, 0.15) is 18.4 Å². The Balaban J connectivity index is 0.00000200. The van der Waals surface area contributed by atoms with Gasteiger partial charge in [0.1, 0.15) is 5.75 Å². The van der Waals surface area contributed by atoms with E-state index in [4.69, 9.17) is 4.74 Å². The Labute approximate surface area is 126 Å². The summed E-state index contributed by atoms with van der Waals surface area (Å²) in [6.07, 6.45) is 3.31. The third kappa shape index (κ3) is 5.02. The van der Waals surface area contributed by atoms with Crippen LogP contribution in [0.4, 0.5) is 0 Å². The van der Waals surface area contributed by atoms with Crippen molar-refractivity contribution in [3.8, 4) is 5.75 Å². The van der Waals surface area contributed by atoms with Crippen LogP contribution in [0.25, 0.3) is 0 Å². The molecule has 1 aliphatic carbocycles. The molecular weight excluding hydrogens is 276 g/mol. The van der Waals surface area contributed by atoms with Gasteiger partial charge in [0.25, 0.3) is 0 Å². The van der Waals surface area contributed by atoms with E-state index in [2.05, 4.69) is 16.7 Å². The quantitative estimate of drug-likeness (QED) is 0.807. The molecule has 1 aromatic carbocycles. The summed E-state index contributed by atoms with van der Waals surface area (Å²) in [5.74, 6) is 1.57. The van der Waals surface area contributed by atoms with Crippen LogP contribution in [-0.4, -0.2) is 32.7 Å². The third-order valence-corrected chi connectivity index (χ3v) is 3.46. The van der Waals surface area contributed by atoms with Gasteiger partial charge in [0.2, 0.25) is 5.91 Å². The number of ether oxygens (including phenoxy) is 1. The van der Waals surface area contributed by atoms with E-state index < -0.39 is 0 Å². The summed E-state index contributed by atoms with van der Waals surface area (Å²) in [6, 6.07) is 8.30. The molecule has 0 bridgehead atoms. The molecule has 0 saturated heterocycles. The molecule has 4 nitrogen and oxygen atoms in total. The Morgan fingerprint density at radius 1 is 1.45 bits per heavy atom. The first kappa shape index (κ1) is 16.8. The fourth-order valence-electron chi connectivity index (χ4n) is 2.31. The van der Waals surface area contributed by atoms with Gasteiger partial charge in [0.15, 0.2) is 0 Å². The van der Waals surface area contributed by atoms with E-state index in [1.165, 1.54) is 18.4 Å². The SMILES string of the molecule is CNCC(=O)NC(Cc1cccc(OC)c1)C1CC1.Cl. The maximum absolute atomic E-state index is 11.7. The highest BCUT2D eigenvalue weighted by atomic mass is 35.5. The summed E-state index contributed by atoms with van der Waals surface area (Å²) in [5, 5.41) is 6.01. The molecule has 0 spiro atoms. The van der Waals surface area contributed by atoms with Crippen molar-refractivity contribution in [2.24, 2.45) is 5.92 Å². The van der Waals surface area contributed by atoms with Crippen molar-refractivity contribution in [1.82, 2.24) is 10.6 Å². The minimum absolute atomic E-state index is 0. The highest BCUT2D eigenvalue weighted by Gasteiger charge is 2.32. The molecule has 1 fully saturated rings. The van der Waals surface area contributed by atoms with Gasteiger partial charge in [0, 0.05) is 6.04 Å². The zero-order valence-corrected chi connectivity index (χ0v) is 12.8. The van der Waals surface area contributed by atoms with Crippen LogP contribution in [-0.2, 0) is 11.2 Å². The van der Waals surface area contributed by atoms with Crippen LogP contribution in [0.3, 0.4) is 0 Å². The highest BCUT2D eigenvalue weighted by molar-refractivity contribution is 5.85. The lowest BCUT2D eigenvalue weighted by molar-refractivity contribution is -0.121. The number of hydrogen-bond acceptors (Lipinski definition) is 3. The maximum atomic E-state index is 11.7. The molecule has 20 heavy (non-hydrogen) atoms. The van der Waals surface area contributed by atoms with Crippen LogP contribution in [0.15, 0.2) is 24.3 Å². The fraction of sp³-hybridized carbons (Fsp3) is 0.533. The molecule has 1 amide bonds. The predicted molar refractivity (Wildman–Crippen MR) is 82.5 cm³/mol. The van der Waals surface area contributed by atoms with E-state index in [0.29, 0.717) is 12.5 Å². The van der Waals surface area contributed by atoms with Crippen molar-refractivity contribution < 1.29 is 9.53 Å². The van der Waals surface area contributed by atoms with Crippen molar-refractivity contribution in [2.75, 3.05) is 20.7 Å². The zero-order chi connectivity index (χ0) is 13.7. The van der Waals surface area contributed by atoms with Crippen LogP contribution in [0, 0.1) is 5.92 Å². The summed E-state index contributed by atoms with van der Waals surface area (Å²) >= 11 is 0. The van der Waals surface area contributed by atoms with Gasteiger partial charge in [-0.05, 0) is 49.9 Å². The minimum Gasteiger partial charge on any atom is -0.497 e. The second-order valence-corrected chi connectivity index (χ2v) is 5.10. The first-order chi connectivity index (χ1) is 9.22. The third-order valence-electron chi connectivity index (χ3n) is 3.46. The Kier molecular flexibility index (Phi) is 6.82. The molecule has 2 N–H and O–H groups in total. The standard InChI is InChI=1S/C15H22N2O2.ClH/c1-16-10-15(18)17-14(12-6-7-12)9-11-4-3-5-13(8-11)19-2;/h3-5,8,12,14,16H,6-7,9-10H2,1-2H3,(H,17,18);1H. The second-order valence-electron chi connectivity index (χ2n) is 5.10. The average Bonchev–Trinajstić information content (AvgIpc) is 3.23. The van der Waals surface area contributed by atoms with Gasteiger partial charge in [-0.2, -0.15) is 0 Å². The van der Waals surface area contributed by atoms with Crippen LogP contribution < -0.4 is 15.4 Å². The number of nitrogens with one attached hydrogen (secondary N) is 2. The number of carbonyl (C=O) groups excluding carboxylic acids is 1. The van der Waals surface area contributed by atoms with Crippen LogP contribution in [0.5, 0.6) is 5.75 Å². The normalized spacial score (nSPS) is 15.1. The average molecular weight is 299 g/mol. The van der Waals surface area contributed by atoms with Crippen molar-refractivity contribution in [3.63, 3.8) is 0 Å².